The molecular formula is C20H24N2O3. The molecule has 2 atom stereocenters. The van der Waals surface area contributed by atoms with Crippen molar-refractivity contribution in [2.24, 2.45) is 0 Å². The summed E-state index contributed by atoms with van der Waals surface area (Å²) in [6.07, 6.45) is 6.28. The van der Waals surface area contributed by atoms with Crippen molar-refractivity contribution >= 4 is 5.91 Å². The topological polar surface area (TPSA) is 54.7 Å². The molecule has 1 aromatic heterocycles. The second-order valence-electron chi connectivity index (χ2n) is 6.84. The van der Waals surface area contributed by atoms with Crippen molar-refractivity contribution < 1.29 is 13.9 Å². The van der Waals surface area contributed by atoms with Gasteiger partial charge < -0.3 is 14.5 Å². The number of nitrogens with zero attached hydrogens (tertiary/aromatic N) is 1. The van der Waals surface area contributed by atoms with Crippen molar-refractivity contribution in [2.45, 2.75) is 44.4 Å². The van der Waals surface area contributed by atoms with Crippen LogP contribution in [0, 0.1) is 0 Å². The summed E-state index contributed by atoms with van der Waals surface area (Å²) in [5.74, 6) is 1.02. The van der Waals surface area contributed by atoms with Crippen LogP contribution in [-0.2, 0) is 6.61 Å². The third-order valence-electron chi connectivity index (χ3n) is 5.26. The summed E-state index contributed by atoms with van der Waals surface area (Å²) in [5.41, 5.74) is 0.778. The zero-order valence-electron chi connectivity index (χ0n) is 14.3. The molecule has 2 aromatic rings. The molecule has 4 rings (SSSR count). The fourth-order valence-corrected chi connectivity index (χ4v) is 3.98. The maximum Gasteiger partial charge on any atom is 0.287 e. The zero-order valence-corrected chi connectivity index (χ0v) is 14.3. The standard InChI is InChI=1S/C20H24N2O3/c23-20(21-17-9-12-22-11-5-4-8-18(17)22)19-15(10-13-24-19)14-25-16-6-2-1-3-7-16/h1-3,6-7,10,13,17-18H,4-5,8-9,11-12,14H2,(H,21,23)/t17-,18+/m1/s1. The van der Waals surface area contributed by atoms with E-state index in [0.29, 0.717) is 18.4 Å². The molecule has 0 bridgehead atoms. The van der Waals surface area contributed by atoms with Crippen molar-refractivity contribution in [2.75, 3.05) is 13.1 Å². The molecule has 0 unspecified atom stereocenters. The number of amides is 1. The lowest BCUT2D eigenvalue weighted by molar-refractivity contribution is 0.0884. The predicted molar refractivity (Wildman–Crippen MR) is 94.6 cm³/mol. The van der Waals surface area contributed by atoms with Gasteiger partial charge in [-0.1, -0.05) is 24.6 Å². The van der Waals surface area contributed by atoms with E-state index in [0.717, 1.165) is 30.8 Å². The Kier molecular flexibility index (Phi) is 4.74. The molecule has 2 aliphatic rings. The summed E-state index contributed by atoms with van der Waals surface area (Å²) in [4.78, 5) is 15.2. The number of rotatable bonds is 5. The van der Waals surface area contributed by atoms with Gasteiger partial charge in [0.05, 0.1) is 6.26 Å². The van der Waals surface area contributed by atoms with Gasteiger partial charge in [-0.3, -0.25) is 9.69 Å². The van der Waals surface area contributed by atoms with Gasteiger partial charge in [-0.25, -0.2) is 0 Å². The van der Waals surface area contributed by atoms with Gasteiger partial charge in [0, 0.05) is 24.2 Å². The molecule has 1 amide bonds. The van der Waals surface area contributed by atoms with Gasteiger partial charge >= 0.3 is 0 Å². The first-order chi connectivity index (χ1) is 12.3. The van der Waals surface area contributed by atoms with Crippen LogP contribution in [0.4, 0.5) is 0 Å². The van der Waals surface area contributed by atoms with E-state index in [4.69, 9.17) is 9.15 Å². The number of para-hydroxylation sites is 1. The molecule has 0 spiro atoms. The van der Waals surface area contributed by atoms with E-state index in [9.17, 15) is 4.79 Å². The first-order valence-electron chi connectivity index (χ1n) is 9.10. The number of furan rings is 1. The average molecular weight is 340 g/mol. The number of hydrogen-bond acceptors (Lipinski definition) is 4. The van der Waals surface area contributed by atoms with Crippen LogP contribution in [0.3, 0.4) is 0 Å². The smallest absolute Gasteiger partial charge is 0.287 e. The van der Waals surface area contributed by atoms with Crippen molar-refractivity contribution in [3.8, 4) is 5.75 Å². The number of ether oxygens (including phenoxy) is 1. The maximum absolute atomic E-state index is 12.7. The van der Waals surface area contributed by atoms with Crippen LogP contribution in [0.2, 0.25) is 0 Å². The van der Waals surface area contributed by atoms with Crippen molar-refractivity contribution in [1.29, 1.82) is 0 Å². The third kappa shape index (κ3) is 3.56. The molecule has 3 heterocycles. The fraction of sp³-hybridized carbons (Fsp3) is 0.450. The predicted octanol–water partition coefficient (Wildman–Crippen LogP) is 3.22. The molecule has 2 aliphatic heterocycles. The summed E-state index contributed by atoms with van der Waals surface area (Å²) in [5, 5.41) is 3.19. The molecule has 5 heteroatoms. The second kappa shape index (κ2) is 7.31. The molecule has 1 aromatic carbocycles. The van der Waals surface area contributed by atoms with E-state index >= 15 is 0 Å². The number of fused-ring (bicyclic) bond motifs is 1. The van der Waals surface area contributed by atoms with Crippen LogP contribution < -0.4 is 10.1 Å². The molecule has 2 fully saturated rings. The molecular weight excluding hydrogens is 316 g/mol. The van der Waals surface area contributed by atoms with Crippen molar-refractivity contribution in [1.82, 2.24) is 10.2 Å². The van der Waals surface area contributed by atoms with Gasteiger partial charge in [0.25, 0.3) is 5.91 Å². The van der Waals surface area contributed by atoms with Crippen molar-refractivity contribution in [3.63, 3.8) is 0 Å². The minimum atomic E-state index is -0.130. The minimum absolute atomic E-state index is 0.130. The molecule has 2 saturated heterocycles. The Morgan fingerprint density at radius 1 is 1.16 bits per heavy atom. The highest BCUT2D eigenvalue weighted by molar-refractivity contribution is 5.93. The van der Waals surface area contributed by atoms with Gasteiger partial charge in [-0.15, -0.1) is 0 Å². The number of nitrogens with one attached hydrogen (secondary N) is 1. The van der Waals surface area contributed by atoms with Crippen LogP contribution >= 0.6 is 0 Å². The lowest BCUT2D eigenvalue weighted by Gasteiger charge is -2.32. The lowest BCUT2D eigenvalue weighted by Crippen LogP contribution is -2.46. The molecule has 132 valence electrons. The third-order valence-corrected chi connectivity index (χ3v) is 5.26. The van der Waals surface area contributed by atoms with E-state index in [-0.39, 0.29) is 11.9 Å². The lowest BCUT2D eigenvalue weighted by atomic mass is 9.99. The van der Waals surface area contributed by atoms with E-state index in [2.05, 4.69) is 10.2 Å². The summed E-state index contributed by atoms with van der Waals surface area (Å²) in [7, 11) is 0. The summed E-state index contributed by atoms with van der Waals surface area (Å²) >= 11 is 0. The van der Waals surface area contributed by atoms with Gasteiger partial charge in [0.15, 0.2) is 5.76 Å². The first kappa shape index (κ1) is 16.2. The van der Waals surface area contributed by atoms with Gasteiger partial charge in [-0.2, -0.15) is 0 Å². The zero-order chi connectivity index (χ0) is 17.1. The Morgan fingerprint density at radius 2 is 2.04 bits per heavy atom. The van der Waals surface area contributed by atoms with Crippen LogP contribution in [0.5, 0.6) is 5.75 Å². The second-order valence-corrected chi connectivity index (χ2v) is 6.84. The van der Waals surface area contributed by atoms with Crippen LogP contribution in [0.15, 0.2) is 47.1 Å². The van der Waals surface area contributed by atoms with E-state index in [1.54, 1.807) is 12.3 Å². The Morgan fingerprint density at radius 3 is 2.92 bits per heavy atom. The minimum Gasteiger partial charge on any atom is -0.489 e. The molecule has 0 aliphatic carbocycles. The normalized spacial score (nSPS) is 23.2. The van der Waals surface area contributed by atoms with Gasteiger partial charge in [0.2, 0.25) is 0 Å². The van der Waals surface area contributed by atoms with Gasteiger partial charge in [0.1, 0.15) is 12.4 Å². The number of benzene rings is 1. The molecule has 1 N–H and O–H groups in total. The van der Waals surface area contributed by atoms with Crippen LogP contribution in [-0.4, -0.2) is 36.0 Å². The van der Waals surface area contributed by atoms with Crippen LogP contribution in [0.25, 0.3) is 0 Å². The SMILES string of the molecule is O=C(N[C@@H]1CCN2CCCC[C@@H]12)c1occc1COc1ccccc1. The molecule has 0 saturated carbocycles. The summed E-state index contributed by atoms with van der Waals surface area (Å²) < 4.78 is 11.2. The molecule has 25 heavy (non-hydrogen) atoms. The van der Waals surface area contributed by atoms with Crippen molar-refractivity contribution in [3.05, 3.63) is 54.0 Å². The highest BCUT2D eigenvalue weighted by atomic mass is 16.5. The largest absolute Gasteiger partial charge is 0.489 e. The summed E-state index contributed by atoms with van der Waals surface area (Å²) in [6, 6.07) is 12.1. The number of carbonyl (C=O) groups is 1. The quantitative estimate of drug-likeness (QED) is 0.908. The van der Waals surface area contributed by atoms with E-state index in [1.807, 2.05) is 30.3 Å². The Labute approximate surface area is 148 Å². The van der Waals surface area contributed by atoms with E-state index in [1.165, 1.54) is 19.3 Å². The Balaban J connectivity index is 1.38. The molecule has 5 nitrogen and oxygen atoms in total. The average Bonchev–Trinajstić information content (AvgIpc) is 3.28. The number of carbonyl (C=O) groups excluding carboxylic acids is 1. The summed E-state index contributed by atoms with van der Waals surface area (Å²) in [6.45, 7) is 2.56. The molecule has 0 radical (unpaired) electrons. The number of piperidine rings is 1. The Hall–Kier alpha value is -2.27. The van der Waals surface area contributed by atoms with Gasteiger partial charge in [-0.05, 0) is 44.0 Å². The highest BCUT2D eigenvalue weighted by Gasteiger charge is 2.36. The maximum atomic E-state index is 12.7. The Bertz CT molecular complexity index is 713. The first-order valence-corrected chi connectivity index (χ1v) is 9.10. The fourth-order valence-electron chi connectivity index (χ4n) is 3.98. The van der Waals surface area contributed by atoms with Crippen LogP contribution in [0.1, 0.15) is 41.8 Å². The highest BCUT2D eigenvalue weighted by Crippen LogP contribution is 2.27. The number of hydrogen-bond donors (Lipinski definition) is 1. The monoisotopic (exact) mass is 340 g/mol. The van der Waals surface area contributed by atoms with E-state index < -0.39 is 0 Å².